The number of hydrogen-bond acceptors (Lipinski definition) is 3. The summed E-state index contributed by atoms with van der Waals surface area (Å²) in [4.78, 5) is 26.8. The summed E-state index contributed by atoms with van der Waals surface area (Å²) >= 11 is 0. The van der Waals surface area contributed by atoms with Gasteiger partial charge in [-0.05, 0) is 49.2 Å². The van der Waals surface area contributed by atoms with Gasteiger partial charge in [-0.25, -0.2) is 9.18 Å². The minimum absolute atomic E-state index is 0.391. The zero-order valence-electron chi connectivity index (χ0n) is 20.4. The van der Waals surface area contributed by atoms with Crippen LogP contribution in [-0.2, 0) is 14.1 Å². The van der Waals surface area contributed by atoms with Crippen molar-refractivity contribution in [2.45, 2.75) is 20.0 Å². The molecule has 2 aromatic heterocycles. The van der Waals surface area contributed by atoms with Crippen LogP contribution in [0.25, 0.3) is 27.8 Å². The molecule has 7 heteroatoms. The van der Waals surface area contributed by atoms with Crippen molar-refractivity contribution < 1.29 is 9.13 Å². The zero-order chi connectivity index (χ0) is 25.3. The molecule has 5 aromatic rings. The Kier molecular flexibility index (Phi) is 4.80. The van der Waals surface area contributed by atoms with E-state index in [1.54, 1.807) is 19.2 Å². The quantitative estimate of drug-likeness (QED) is 0.359. The highest BCUT2D eigenvalue weighted by molar-refractivity contribution is 5.98. The normalized spacial score (nSPS) is 14.4. The minimum atomic E-state index is -0.740. The molecule has 0 bridgehead atoms. The van der Waals surface area contributed by atoms with Gasteiger partial charge < -0.3 is 9.30 Å². The van der Waals surface area contributed by atoms with E-state index in [9.17, 15) is 14.0 Å². The van der Waals surface area contributed by atoms with Crippen molar-refractivity contribution in [1.29, 1.82) is 0 Å². The maximum atomic E-state index is 14.4. The SMILES string of the molecule is Cc1ccc(-c2c3c(=O)n(C)c(=O)n(C)c3c3n2-c2cc(C)ccc2OC3c2cccc(F)c2)cc1. The van der Waals surface area contributed by atoms with E-state index >= 15 is 0 Å². The van der Waals surface area contributed by atoms with E-state index < -0.39 is 23.2 Å². The molecule has 3 heterocycles. The molecule has 0 fully saturated rings. The highest BCUT2D eigenvalue weighted by atomic mass is 19.1. The van der Waals surface area contributed by atoms with Crippen LogP contribution in [0.3, 0.4) is 0 Å². The Morgan fingerprint density at radius 3 is 2.31 bits per heavy atom. The van der Waals surface area contributed by atoms with Crippen LogP contribution in [0.5, 0.6) is 5.75 Å². The number of aromatic nitrogens is 3. The topological polar surface area (TPSA) is 58.2 Å². The number of nitrogens with zero attached hydrogens (tertiary/aromatic N) is 3. The first-order valence-electron chi connectivity index (χ1n) is 11.7. The Hall–Kier alpha value is -4.39. The van der Waals surface area contributed by atoms with Crippen molar-refractivity contribution in [2.24, 2.45) is 14.1 Å². The summed E-state index contributed by atoms with van der Waals surface area (Å²) in [7, 11) is 3.14. The summed E-state index contributed by atoms with van der Waals surface area (Å²) in [6.07, 6.45) is -0.740. The minimum Gasteiger partial charge on any atom is -0.477 e. The van der Waals surface area contributed by atoms with E-state index in [2.05, 4.69) is 0 Å². The molecule has 1 aliphatic rings. The third kappa shape index (κ3) is 3.09. The molecule has 180 valence electrons. The molecular weight excluding hydrogens is 457 g/mol. The van der Waals surface area contributed by atoms with Gasteiger partial charge in [-0.2, -0.15) is 0 Å². The highest BCUT2D eigenvalue weighted by Crippen LogP contribution is 2.46. The van der Waals surface area contributed by atoms with Crippen LogP contribution >= 0.6 is 0 Å². The molecule has 1 atom stereocenters. The first-order valence-corrected chi connectivity index (χ1v) is 11.7. The summed E-state index contributed by atoms with van der Waals surface area (Å²) in [6.45, 7) is 3.99. The Balaban J connectivity index is 1.87. The molecule has 6 rings (SSSR count). The van der Waals surface area contributed by atoms with E-state index in [1.807, 2.05) is 60.9 Å². The number of aryl methyl sites for hydroxylation is 3. The fraction of sp³-hybridized carbons (Fsp3) is 0.172. The molecule has 3 aromatic carbocycles. The lowest BCUT2D eigenvalue weighted by atomic mass is 10.0. The lowest BCUT2D eigenvalue weighted by Crippen LogP contribution is -2.37. The summed E-state index contributed by atoms with van der Waals surface area (Å²) in [6, 6.07) is 20.0. The van der Waals surface area contributed by atoms with Gasteiger partial charge in [0.05, 0.1) is 28.0 Å². The monoisotopic (exact) mass is 481 g/mol. The van der Waals surface area contributed by atoms with Gasteiger partial charge in [0.1, 0.15) is 11.6 Å². The van der Waals surface area contributed by atoms with E-state index in [4.69, 9.17) is 4.74 Å². The van der Waals surface area contributed by atoms with E-state index in [-0.39, 0.29) is 0 Å². The third-order valence-electron chi connectivity index (χ3n) is 6.93. The number of halogens is 1. The lowest BCUT2D eigenvalue weighted by Gasteiger charge is -2.30. The third-order valence-corrected chi connectivity index (χ3v) is 6.93. The van der Waals surface area contributed by atoms with Gasteiger partial charge in [0.25, 0.3) is 5.56 Å². The maximum absolute atomic E-state index is 14.4. The largest absolute Gasteiger partial charge is 0.477 e. The number of rotatable bonds is 2. The zero-order valence-corrected chi connectivity index (χ0v) is 20.4. The predicted octanol–water partition coefficient (Wildman–Crippen LogP) is 4.93. The van der Waals surface area contributed by atoms with E-state index in [0.29, 0.717) is 33.6 Å². The predicted molar refractivity (Wildman–Crippen MR) is 138 cm³/mol. The number of fused-ring (bicyclic) bond motifs is 5. The molecule has 0 amide bonds. The first-order chi connectivity index (χ1) is 17.3. The van der Waals surface area contributed by atoms with Crippen molar-refractivity contribution in [1.82, 2.24) is 13.7 Å². The molecule has 0 aliphatic carbocycles. The summed E-state index contributed by atoms with van der Waals surface area (Å²) in [5, 5.41) is 0.415. The highest BCUT2D eigenvalue weighted by Gasteiger charge is 2.36. The Morgan fingerprint density at radius 2 is 1.58 bits per heavy atom. The molecule has 0 radical (unpaired) electrons. The molecule has 0 spiro atoms. The molecular formula is C29H24FN3O3. The number of ether oxygens (including phenoxy) is 1. The Morgan fingerprint density at radius 1 is 0.861 bits per heavy atom. The van der Waals surface area contributed by atoms with Crippen LogP contribution < -0.4 is 16.0 Å². The number of benzene rings is 3. The Labute approximate surface area is 206 Å². The van der Waals surface area contributed by atoms with Gasteiger partial charge in [-0.3, -0.25) is 13.9 Å². The fourth-order valence-corrected chi connectivity index (χ4v) is 5.15. The first kappa shape index (κ1) is 22.1. The van der Waals surface area contributed by atoms with Crippen molar-refractivity contribution in [3.05, 3.63) is 116 Å². The van der Waals surface area contributed by atoms with Gasteiger partial charge in [-0.1, -0.05) is 48.0 Å². The fourth-order valence-electron chi connectivity index (χ4n) is 5.15. The molecule has 36 heavy (non-hydrogen) atoms. The second-order valence-electron chi connectivity index (χ2n) is 9.39. The van der Waals surface area contributed by atoms with Gasteiger partial charge >= 0.3 is 5.69 Å². The van der Waals surface area contributed by atoms with Gasteiger partial charge in [0, 0.05) is 19.7 Å². The van der Waals surface area contributed by atoms with Crippen molar-refractivity contribution in [3.63, 3.8) is 0 Å². The van der Waals surface area contributed by atoms with Crippen LogP contribution in [0, 0.1) is 19.7 Å². The van der Waals surface area contributed by atoms with Gasteiger partial charge in [-0.15, -0.1) is 0 Å². The van der Waals surface area contributed by atoms with Crippen molar-refractivity contribution in [2.75, 3.05) is 0 Å². The summed E-state index contributed by atoms with van der Waals surface area (Å²) in [5.41, 5.74) is 5.22. The molecule has 6 nitrogen and oxygen atoms in total. The standard InChI is InChI=1S/C29H24FN3O3/c1-16-8-11-18(12-9-16)24-23-25(31(3)29(35)32(4)28(23)34)26-27(19-6-5-7-20(30)15-19)36-22-13-10-17(2)14-21(22)33(24)26/h5-15,27H,1-4H3. The van der Waals surface area contributed by atoms with Gasteiger partial charge in [0.15, 0.2) is 6.10 Å². The smallest absolute Gasteiger partial charge is 0.331 e. The van der Waals surface area contributed by atoms with Crippen LogP contribution in [-0.4, -0.2) is 13.7 Å². The molecule has 0 N–H and O–H groups in total. The Bertz CT molecular complexity index is 1810. The van der Waals surface area contributed by atoms with Gasteiger partial charge in [0.2, 0.25) is 0 Å². The van der Waals surface area contributed by atoms with Crippen LogP contribution in [0.15, 0.2) is 76.3 Å². The number of hydrogen-bond donors (Lipinski definition) is 0. The van der Waals surface area contributed by atoms with Crippen molar-refractivity contribution >= 4 is 10.9 Å². The van der Waals surface area contributed by atoms with E-state index in [0.717, 1.165) is 26.9 Å². The summed E-state index contributed by atoms with van der Waals surface area (Å²) < 4.78 is 25.5. The van der Waals surface area contributed by atoms with Crippen molar-refractivity contribution in [3.8, 4) is 22.7 Å². The molecule has 1 aliphatic heterocycles. The van der Waals surface area contributed by atoms with Crippen LogP contribution in [0.1, 0.15) is 28.5 Å². The average Bonchev–Trinajstić information content (AvgIpc) is 3.23. The van der Waals surface area contributed by atoms with Crippen LogP contribution in [0.4, 0.5) is 4.39 Å². The van der Waals surface area contributed by atoms with Crippen LogP contribution in [0.2, 0.25) is 0 Å². The second-order valence-corrected chi connectivity index (χ2v) is 9.39. The summed E-state index contributed by atoms with van der Waals surface area (Å²) in [5.74, 6) is 0.217. The van der Waals surface area contributed by atoms with E-state index in [1.165, 1.54) is 23.7 Å². The lowest BCUT2D eigenvalue weighted by molar-refractivity contribution is 0.228. The average molecular weight is 482 g/mol. The molecule has 1 unspecified atom stereocenters. The molecule has 0 saturated heterocycles. The maximum Gasteiger partial charge on any atom is 0.331 e. The molecule has 0 saturated carbocycles. The second kappa shape index (κ2) is 7.81.